The van der Waals surface area contributed by atoms with Crippen LogP contribution in [0, 0.1) is 6.92 Å². The lowest BCUT2D eigenvalue weighted by molar-refractivity contribution is -0.115. The first kappa shape index (κ1) is 18.2. The van der Waals surface area contributed by atoms with Crippen LogP contribution < -0.4 is 10.6 Å². The van der Waals surface area contributed by atoms with Crippen molar-refractivity contribution in [2.24, 2.45) is 0 Å². The van der Waals surface area contributed by atoms with Crippen molar-refractivity contribution in [3.63, 3.8) is 0 Å². The van der Waals surface area contributed by atoms with Crippen LogP contribution in [0.5, 0.6) is 0 Å². The molecule has 136 valence electrons. The zero-order valence-electron chi connectivity index (χ0n) is 15.4. The number of allylic oxidation sites excluding steroid dienone is 1. The number of benzene rings is 1. The number of hydrogen-bond acceptors (Lipinski definition) is 3. The van der Waals surface area contributed by atoms with Gasteiger partial charge in [0.05, 0.1) is 18.3 Å². The van der Waals surface area contributed by atoms with E-state index in [-0.39, 0.29) is 5.91 Å². The molecule has 1 aliphatic carbocycles. The highest BCUT2D eigenvalue weighted by atomic mass is 16.1. The summed E-state index contributed by atoms with van der Waals surface area (Å²) in [4.78, 5) is 16.6. The third-order valence-corrected chi connectivity index (χ3v) is 4.63. The summed E-state index contributed by atoms with van der Waals surface area (Å²) in [5.74, 6) is 0.820. The average molecular weight is 349 g/mol. The van der Waals surface area contributed by atoms with Gasteiger partial charge >= 0.3 is 0 Å². The Bertz CT molecular complexity index is 765. The normalized spacial score (nSPS) is 13.8. The van der Waals surface area contributed by atoms with E-state index in [4.69, 9.17) is 0 Å². The van der Waals surface area contributed by atoms with Crippen LogP contribution >= 0.6 is 0 Å². The van der Waals surface area contributed by atoms with Crippen LogP contribution in [0.4, 0.5) is 11.5 Å². The van der Waals surface area contributed by atoms with Gasteiger partial charge in [0, 0.05) is 6.54 Å². The molecule has 4 nitrogen and oxygen atoms in total. The van der Waals surface area contributed by atoms with Crippen molar-refractivity contribution in [1.29, 1.82) is 0 Å². The average Bonchev–Trinajstić information content (AvgIpc) is 2.64. The Morgan fingerprint density at radius 3 is 2.85 bits per heavy atom. The molecule has 0 saturated carbocycles. The van der Waals surface area contributed by atoms with E-state index in [9.17, 15) is 4.79 Å². The molecule has 0 fully saturated rings. The molecule has 0 spiro atoms. The predicted octanol–water partition coefficient (Wildman–Crippen LogP) is 4.87. The van der Waals surface area contributed by atoms with E-state index in [1.165, 1.54) is 25.7 Å². The third-order valence-electron chi connectivity index (χ3n) is 4.63. The first-order chi connectivity index (χ1) is 12.7. The molecule has 26 heavy (non-hydrogen) atoms. The van der Waals surface area contributed by atoms with Gasteiger partial charge in [-0.2, -0.15) is 0 Å². The molecule has 1 aromatic carbocycles. The zero-order valence-corrected chi connectivity index (χ0v) is 15.4. The summed E-state index contributed by atoms with van der Waals surface area (Å²) in [5, 5.41) is 6.26. The summed E-state index contributed by atoms with van der Waals surface area (Å²) < 4.78 is 0. The fraction of sp³-hybridized carbons (Fsp3) is 0.364. The standard InChI is InChI=1S/C22H27N3O/c1-17-6-5-9-19(14-17)15-22(26)25-20-10-11-21(24-16-20)23-13-12-18-7-3-2-4-8-18/h5-7,9-11,14,16H,2-4,8,12-13,15H2,1H3,(H,23,24)(H,25,26). The van der Waals surface area contributed by atoms with Crippen LogP contribution in [0.3, 0.4) is 0 Å². The van der Waals surface area contributed by atoms with Gasteiger partial charge in [0.15, 0.2) is 0 Å². The molecule has 4 heteroatoms. The van der Waals surface area contributed by atoms with Crippen molar-refractivity contribution in [1.82, 2.24) is 4.98 Å². The topological polar surface area (TPSA) is 54.0 Å². The molecular formula is C22H27N3O. The van der Waals surface area contributed by atoms with Crippen molar-refractivity contribution in [3.05, 3.63) is 65.4 Å². The highest BCUT2D eigenvalue weighted by Crippen LogP contribution is 2.20. The van der Waals surface area contributed by atoms with Gasteiger partial charge in [-0.3, -0.25) is 4.79 Å². The summed E-state index contributed by atoms with van der Waals surface area (Å²) in [6.45, 7) is 2.93. The molecule has 0 radical (unpaired) electrons. The van der Waals surface area contributed by atoms with E-state index in [1.54, 1.807) is 11.8 Å². The second kappa shape index (κ2) is 9.18. The zero-order chi connectivity index (χ0) is 18.2. The van der Waals surface area contributed by atoms with Crippen molar-refractivity contribution < 1.29 is 4.79 Å². The molecule has 1 amide bonds. The van der Waals surface area contributed by atoms with Crippen molar-refractivity contribution >= 4 is 17.4 Å². The van der Waals surface area contributed by atoms with Crippen LogP contribution in [0.1, 0.15) is 43.2 Å². The van der Waals surface area contributed by atoms with Crippen LogP contribution in [0.15, 0.2) is 54.2 Å². The molecular weight excluding hydrogens is 322 g/mol. The number of pyridine rings is 1. The third kappa shape index (κ3) is 5.73. The van der Waals surface area contributed by atoms with Gasteiger partial charge in [0.2, 0.25) is 5.91 Å². The van der Waals surface area contributed by atoms with Crippen LogP contribution in [-0.2, 0) is 11.2 Å². The van der Waals surface area contributed by atoms with Gasteiger partial charge in [-0.15, -0.1) is 0 Å². The Kier molecular flexibility index (Phi) is 6.42. The molecule has 2 aromatic rings. The largest absolute Gasteiger partial charge is 0.370 e. The molecule has 0 bridgehead atoms. The molecule has 3 rings (SSSR count). The lowest BCUT2D eigenvalue weighted by Gasteiger charge is -2.13. The summed E-state index contributed by atoms with van der Waals surface area (Å²) in [5.41, 5.74) is 4.47. The number of hydrogen-bond donors (Lipinski definition) is 2. The smallest absolute Gasteiger partial charge is 0.228 e. The lowest BCUT2D eigenvalue weighted by atomic mass is 9.97. The number of carbonyl (C=O) groups is 1. The molecule has 1 aliphatic rings. The van der Waals surface area contributed by atoms with E-state index < -0.39 is 0 Å². The second-order valence-electron chi connectivity index (χ2n) is 6.93. The van der Waals surface area contributed by atoms with E-state index in [2.05, 4.69) is 21.7 Å². The van der Waals surface area contributed by atoms with Crippen molar-refractivity contribution in [3.8, 4) is 0 Å². The lowest BCUT2D eigenvalue weighted by Crippen LogP contribution is -2.14. The van der Waals surface area contributed by atoms with Gasteiger partial charge < -0.3 is 10.6 Å². The van der Waals surface area contributed by atoms with Crippen LogP contribution in [-0.4, -0.2) is 17.4 Å². The fourth-order valence-electron chi connectivity index (χ4n) is 3.27. The summed E-state index contributed by atoms with van der Waals surface area (Å²) >= 11 is 0. The predicted molar refractivity (Wildman–Crippen MR) is 107 cm³/mol. The highest BCUT2D eigenvalue weighted by Gasteiger charge is 2.06. The molecule has 1 aromatic heterocycles. The second-order valence-corrected chi connectivity index (χ2v) is 6.93. The number of anilines is 2. The van der Waals surface area contributed by atoms with E-state index >= 15 is 0 Å². The molecule has 2 N–H and O–H groups in total. The molecule has 1 heterocycles. The minimum atomic E-state index is -0.0256. The number of amides is 1. The quantitative estimate of drug-likeness (QED) is 0.701. The highest BCUT2D eigenvalue weighted by molar-refractivity contribution is 5.92. The maximum Gasteiger partial charge on any atom is 0.228 e. The van der Waals surface area contributed by atoms with E-state index in [0.717, 1.165) is 35.6 Å². The Morgan fingerprint density at radius 2 is 2.12 bits per heavy atom. The SMILES string of the molecule is Cc1cccc(CC(=O)Nc2ccc(NCCC3=CCCCC3)nc2)c1. The van der Waals surface area contributed by atoms with Gasteiger partial charge in [-0.1, -0.05) is 41.5 Å². The monoisotopic (exact) mass is 349 g/mol. The molecule has 0 aliphatic heterocycles. The van der Waals surface area contributed by atoms with Gasteiger partial charge in [-0.05, 0) is 56.7 Å². The number of carbonyl (C=O) groups excluding carboxylic acids is 1. The Morgan fingerprint density at radius 1 is 1.19 bits per heavy atom. The van der Waals surface area contributed by atoms with Gasteiger partial charge in [0.25, 0.3) is 0 Å². The number of nitrogens with one attached hydrogen (secondary N) is 2. The van der Waals surface area contributed by atoms with Crippen molar-refractivity contribution in [2.75, 3.05) is 17.2 Å². The minimum absolute atomic E-state index is 0.0256. The summed E-state index contributed by atoms with van der Waals surface area (Å²) in [6.07, 6.45) is 10.7. The number of aromatic nitrogens is 1. The van der Waals surface area contributed by atoms with Gasteiger partial charge in [0.1, 0.15) is 5.82 Å². The van der Waals surface area contributed by atoms with E-state index in [1.807, 2.05) is 43.3 Å². The maximum absolute atomic E-state index is 12.2. The van der Waals surface area contributed by atoms with E-state index in [0.29, 0.717) is 6.42 Å². The van der Waals surface area contributed by atoms with Gasteiger partial charge in [-0.25, -0.2) is 4.98 Å². The van der Waals surface area contributed by atoms with Crippen molar-refractivity contribution in [2.45, 2.75) is 45.4 Å². The Balaban J connectivity index is 1.44. The summed E-state index contributed by atoms with van der Waals surface area (Å²) in [7, 11) is 0. The molecule has 0 unspecified atom stereocenters. The number of nitrogens with zero attached hydrogens (tertiary/aromatic N) is 1. The molecule has 0 saturated heterocycles. The van der Waals surface area contributed by atoms with Crippen LogP contribution in [0.2, 0.25) is 0 Å². The summed E-state index contributed by atoms with van der Waals surface area (Å²) in [6, 6.07) is 11.8. The van der Waals surface area contributed by atoms with Crippen LogP contribution in [0.25, 0.3) is 0 Å². The Labute approximate surface area is 155 Å². The number of aryl methyl sites for hydroxylation is 1. The minimum Gasteiger partial charge on any atom is -0.370 e. The molecule has 0 atom stereocenters. The fourth-order valence-corrected chi connectivity index (χ4v) is 3.27. The maximum atomic E-state index is 12.2. The number of rotatable bonds is 7. The first-order valence-corrected chi connectivity index (χ1v) is 9.42. The first-order valence-electron chi connectivity index (χ1n) is 9.42. The Hall–Kier alpha value is -2.62.